The number of hydrogen-bond acceptors (Lipinski definition) is 6. The summed E-state index contributed by atoms with van der Waals surface area (Å²) in [7, 11) is 1.92. The Labute approximate surface area is 199 Å². The summed E-state index contributed by atoms with van der Waals surface area (Å²) in [5, 5.41) is 8.69. The molecule has 9 heteroatoms. The number of benzene rings is 2. The molecule has 3 heterocycles. The summed E-state index contributed by atoms with van der Waals surface area (Å²) in [5.41, 5.74) is 1.62. The van der Waals surface area contributed by atoms with E-state index in [2.05, 4.69) is 15.4 Å². The molecule has 0 radical (unpaired) electrons. The molecule has 170 valence electrons. The molecule has 2 aromatic carbocycles. The van der Waals surface area contributed by atoms with Crippen LogP contribution in [0.5, 0.6) is 0 Å². The Kier molecular flexibility index (Phi) is 5.54. The van der Waals surface area contributed by atoms with E-state index in [1.54, 1.807) is 30.5 Å². The standard InChI is InChI=1S/C25H22N6O2S/c1-15(2)31-24(33)18-12-8-7-11-17(18)20(29-31)23(32)28-25-27-19(16-9-5-4-6-10-16)21(34-25)22-26-13-14-30(22)3/h4-15H,1-3H3,(H,27,28,32). The Morgan fingerprint density at radius 1 is 1.03 bits per heavy atom. The highest BCUT2D eigenvalue weighted by Crippen LogP contribution is 2.38. The van der Waals surface area contributed by atoms with Gasteiger partial charge in [0.2, 0.25) is 0 Å². The first kappa shape index (κ1) is 21.7. The van der Waals surface area contributed by atoms with Crippen molar-refractivity contribution < 1.29 is 4.79 Å². The molecule has 0 aliphatic heterocycles. The van der Waals surface area contributed by atoms with Gasteiger partial charge < -0.3 is 4.57 Å². The van der Waals surface area contributed by atoms with Gasteiger partial charge in [-0.1, -0.05) is 59.9 Å². The molecule has 0 saturated heterocycles. The largest absolute Gasteiger partial charge is 0.333 e. The highest BCUT2D eigenvalue weighted by molar-refractivity contribution is 7.19. The van der Waals surface area contributed by atoms with Gasteiger partial charge in [0.05, 0.1) is 22.0 Å². The van der Waals surface area contributed by atoms with Crippen molar-refractivity contribution in [1.29, 1.82) is 0 Å². The number of fused-ring (bicyclic) bond motifs is 1. The van der Waals surface area contributed by atoms with E-state index >= 15 is 0 Å². The zero-order chi connectivity index (χ0) is 23.8. The number of nitrogens with one attached hydrogen (secondary N) is 1. The monoisotopic (exact) mass is 470 g/mol. The summed E-state index contributed by atoms with van der Waals surface area (Å²) in [5.74, 6) is 0.333. The maximum atomic E-state index is 13.4. The van der Waals surface area contributed by atoms with E-state index in [1.807, 2.05) is 62.0 Å². The number of nitrogens with zero attached hydrogens (tertiary/aromatic N) is 5. The third kappa shape index (κ3) is 3.80. The second kappa shape index (κ2) is 8.68. The van der Waals surface area contributed by atoms with Crippen molar-refractivity contribution >= 4 is 33.1 Å². The summed E-state index contributed by atoms with van der Waals surface area (Å²) >= 11 is 1.35. The predicted octanol–water partition coefficient (Wildman–Crippen LogP) is 4.75. The van der Waals surface area contributed by atoms with Gasteiger partial charge in [0.15, 0.2) is 16.6 Å². The lowest BCUT2D eigenvalue weighted by molar-refractivity contribution is 0.102. The number of aromatic nitrogens is 5. The number of thiazole rings is 1. The predicted molar refractivity (Wildman–Crippen MR) is 134 cm³/mol. The average molecular weight is 471 g/mol. The van der Waals surface area contributed by atoms with Crippen LogP contribution in [0.15, 0.2) is 71.8 Å². The quantitative estimate of drug-likeness (QED) is 0.400. The van der Waals surface area contributed by atoms with E-state index in [0.29, 0.717) is 15.9 Å². The van der Waals surface area contributed by atoms with Gasteiger partial charge in [0, 0.05) is 30.4 Å². The lowest BCUT2D eigenvalue weighted by Gasteiger charge is -2.12. The summed E-state index contributed by atoms with van der Waals surface area (Å²) in [6.45, 7) is 3.72. The zero-order valence-electron chi connectivity index (χ0n) is 18.9. The smallest absolute Gasteiger partial charge is 0.278 e. The molecule has 0 spiro atoms. The fraction of sp³-hybridized carbons (Fsp3) is 0.160. The van der Waals surface area contributed by atoms with Crippen LogP contribution in [-0.4, -0.2) is 30.2 Å². The fourth-order valence-corrected chi connectivity index (χ4v) is 4.80. The molecule has 0 saturated carbocycles. The molecule has 0 fully saturated rings. The van der Waals surface area contributed by atoms with Crippen molar-refractivity contribution in [3.63, 3.8) is 0 Å². The Bertz CT molecular complexity index is 1570. The molecular weight excluding hydrogens is 448 g/mol. The van der Waals surface area contributed by atoms with Gasteiger partial charge in [0.1, 0.15) is 0 Å². The van der Waals surface area contributed by atoms with Crippen LogP contribution in [0.3, 0.4) is 0 Å². The number of carbonyl (C=O) groups excluding carboxylic acids is 1. The number of carbonyl (C=O) groups is 1. The highest BCUT2D eigenvalue weighted by atomic mass is 32.1. The van der Waals surface area contributed by atoms with Crippen molar-refractivity contribution in [1.82, 2.24) is 24.3 Å². The number of amides is 1. The van der Waals surface area contributed by atoms with Crippen molar-refractivity contribution in [2.75, 3.05) is 5.32 Å². The van der Waals surface area contributed by atoms with Gasteiger partial charge in [-0.15, -0.1) is 0 Å². The second-order valence-corrected chi connectivity index (χ2v) is 9.12. The number of aryl methyl sites for hydroxylation is 1. The van der Waals surface area contributed by atoms with E-state index < -0.39 is 5.91 Å². The van der Waals surface area contributed by atoms with Gasteiger partial charge in [-0.3, -0.25) is 14.9 Å². The van der Waals surface area contributed by atoms with E-state index in [1.165, 1.54) is 16.0 Å². The SMILES string of the molecule is CC(C)n1nc(C(=O)Nc2nc(-c3ccccc3)c(-c3nccn3C)s2)c2ccccc2c1=O. The van der Waals surface area contributed by atoms with Crippen LogP contribution in [0.25, 0.3) is 32.7 Å². The summed E-state index contributed by atoms with van der Waals surface area (Å²) < 4.78 is 3.26. The summed E-state index contributed by atoms with van der Waals surface area (Å²) in [4.78, 5) is 36.3. The maximum Gasteiger partial charge on any atom is 0.278 e. The van der Waals surface area contributed by atoms with Crippen molar-refractivity contribution in [2.24, 2.45) is 7.05 Å². The van der Waals surface area contributed by atoms with E-state index in [0.717, 1.165) is 22.0 Å². The molecule has 5 rings (SSSR count). The van der Waals surface area contributed by atoms with Gasteiger partial charge in [-0.2, -0.15) is 5.10 Å². The molecule has 0 aliphatic carbocycles. The van der Waals surface area contributed by atoms with Gasteiger partial charge in [0.25, 0.3) is 11.5 Å². The van der Waals surface area contributed by atoms with Crippen LogP contribution in [-0.2, 0) is 7.05 Å². The topological polar surface area (TPSA) is 94.7 Å². The van der Waals surface area contributed by atoms with Gasteiger partial charge in [-0.25, -0.2) is 14.6 Å². The van der Waals surface area contributed by atoms with Crippen LogP contribution < -0.4 is 10.9 Å². The average Bonchev–Trinajstić information content (AvgIpc) is 3.45. The Morgan fingerprint density at radius 3 is 2.41 bits per heavy atom. The first-order chi connectivity index (χ1) is 16.4. The lowest BCUT2D eigenvalue weighted by Crippen LogP contribution is -2.28. The van der Waals surface area contributed by atoms with Crippen LogP contribution in [0.1, 0.15) is 30.4 Å². The van der Waals surface area contributed by atoms with E-state index in [9.17, 15) is 9.59 Å². The second-order valence-electron chi connectivity index (χ2n) is 8.12. The molecule has 0 aliphatic rings. The molecule has 0 bridgehead atoms. The van der Waals surface area contributed by atoms with Crippen molar-refractivity contribution in [2.45, 2.75) is 19.9 Å². The number of hydrogen-bond donors (Lipinski definition) is 1. The van der Waals surface area contributed by atoms with Gasteiger partial charge >= 0.3 is 0 Å². The van der Waals surface area contributed by atoms with Crippen LogP contribution >= 0.6 is 11.3 Å². The van der Waals surface area contributed by atoms with E-state index in [-0.39, 0.29) is 17.3 Å². The normalized spacial score (nSPS) is 11.3. The number of imidazole rings is 1. The Balaban J connectivity index is 1.60. The first-order valence-electron chi connectivity index (χ1n) is 10.8. The molecule has 3 aromatic heterocycles. The lowest BCUT2D eigenvalue weighted by atomic mass is 10.1. The third-order valence-electron chi connectivity index (χ3n) is 5.45. The summed E-state index contributed by atoms with van der Waals surface area (Å²) in [6, 6.07) is 16.6. The minimum Gasteiger partial charge on any atom is -0.333 e. The number of rotatable bonds is 5. The van der Waals surface area contributed by atoms with Gasteiger partial charge in [-0.05, 0) is 19.9 Å². The third-order valence-corrected chi connectivity index (χ3v) is 6.42. The fourth-order valence-electron chi connectivity index (χ4n) is 3.78. The molecule has 1 N–H and O–H groups in total. The molecule has 0 atom stereocenters. The van der Waals surface area contributed by atoms with Crippen molar-refractivity contribution in [3.05, 3.63) is 83.0 Å². The molecule has 5 aromatic rings. The molecule has 8 nitrogen and oxygen atoms in total. The van der Waals surface area contributed by atoms with E-state index in [4.69, 9.17) is 4.98 Å². The maximum absolute atomic E-state index is 13.4. The Hall–Kier alpha value is -4.11. The van der Waals surface area contributed by atoms with Crippen LogP contribution in [0, 0.1) is 0 Å². The molecule has 0 unspecified atom stereocenters. The van der Waals surface area contributed by atoms with Crippen molar-refractivity contribution in [3.8, 4) is 22.0 Å². The first-order valence-corrected chi connectivity index (χ1v) is 11.6. The zero-order valence-corrected chi connectivity index (χ0v) is 19.7. The Morgan fingerprint density at radius 2 is 1.74 bits per heavy atom. The molecule has 34 heavy (non-hydrogen) atoms. The summed E-state index contributed by atoms with van der Waals surface area (Å²) in [6.07, 6.45) is 3.60. The van der Waals surface area contributed by atoms with Crippen LogP contribution in [0.4, 0.5) is 5.13 Å². The van der Waals surface area contributed by atoms with Crippen LogP contribution in [0.2, 0.25) is 0 Å². The highest BCUT2D eigenvalue weighted by Gasteiger charge is 2.22. The molecular formula is C25H22N6O2S. The minimum atomic E-state index is -0.426. The minimum absolute atomic E-state index is 0.180. The number of anilines is 1. The molecule has 1 amide bonds.